The van der Waals surface area contributed by atoms with Crippen molar-refractivity contribution in [3.63, 3.8) is 0 Å². The number of hydrogen-bond donors (Lipinski definition) is 4. The van der Waals surface area contributed by atoms with Crippen LogP contribution in [0.5, 0.6) is 17.2 Å². The van der Waals surface area contributed by atoms with Crippen molar-refractivity contribution in [2.45, 2.75) is 0 Å². The molecule has 0 aliphatic carbocycles. The fourth-order valence-electron chi connectivity index (χ4n) is 4.27. The molecule has 0 unspecified atom stereocenters. The van der Waals surface area contributed by atoms with Crippen LogP contribution in [-0.4, -0.2) is 52.6 Å². The van der Waals surface area contributed by atoms with Crippen molar-refractivity contribution < 1.29 is 19.0 Å². The number of nitrogens with zero attached hydrogens (tertiary/aromatic N) is 4. The lowest BCUT2D eigenvalue weighted by molar-refractivity contribution is 0.102. The molecule has 3 aromatic carbocycles. The number of aromatic amines is 1. The Morgan fingerprint density at radius 3 is 2.52 bits per heavy atom. The van der Waals surface area contributed by atoms with E-state index < -0.39 is 0 Å². The zero-order valence-corrected chi connectivity index (χ0v) is 24.2. The highest BCUT2D eigenvalue weighted by Gasteiger charge is 2.18. The van der Waals surface area contributed by atoms with Gasteiger partial charge in [0.05, 0.1) is 32.5 Å². The molecule has 1 amide bonds. The standard InChI is InChI=1S/C28H24N8O4S2/c1-38-21-11-17(12-22(39-2)23(21)40-3)31-28-33-25(29)24(42-28)27-32-20(13-41-27)14-5-4-6-16(9-14)30-26(37)15-7-8-18-19(10-15)35-36-34-18/h4-13H,29H2,1-3H3,(H,30,37)(H,31,33)(H,34,35,36). The molecule has 0 saturated heterocycles. The van der Waals surface area contributed by atoms with E-state index in [1.54, 1.807) is 51.7 Å². The number of carbonyl (C=O) groups is 1. The lowest BCUT2D eigenvalue weighted by Crippen LogP contribution is -2.11. The minimum absolute atomic E-state index is 0.249. The van der Waals surface area contributed by atoms with Gasteiger partial charge in [-0.1, -0.05) is 28.7 Å². The predicted octanol–water partition coefficient (Wildman–Crippen LogP) is 5.81. The van der Waals surface area contributed by atoms with Gasteiger partial charge >= 0.3 is 0 Å². The molecule has 0 spiro atoms. The molecule has 12 nitrogen and oxygen atoms in total. The average Bonchev–Trinajstić information content (AvgIpc) is 3.76. The number of amides is 1. The molecule has 0 atom stereocenters. The molecular formula is C28H24N8O4S2. The Bertz CT molecular complexity index is 1890. The quantitative estimate of drug-likeness (QED) is 0.159. The number of H-pyrrole nitrogens is 1. The third kappa shape index (κ3) is 5.27. The van der Waals surface area contributed by atoms with Gasteiger partial charge in [0.15, 0.2) is 16.6 Å². The van der Waals surface area contributed by atoms with E-state index in [0.717, 1.165) is 26.7 Å². The molecule has 14 heteroatoms. The summed E-state index contributed by atoms with van der Waals surface area (Å²) in [6.07, 6.45) is 0. The number of thiazole rings is 2. The Hall–Kier alpha value is -5.21. The smallest absolute Gasteiger partial charge is 0.255 e. The highest BCUT2D eigenvalue weighted by Crippen LogP contribution is 2.43. The number of anilines is 4. The molecule has 6 aromatic rings. The molecular weight excluding hydrogens is 576 g/mol. The van der Waals surface area contributed by atoms with Gasteiger partial charge in [0.25, 0.3) is 5.91 Å². The first-order chi connectivity index (χ1) is 20.4. The van der Waals surface area contributed by atoms with Gasteiger partial charge in [-0.15, -0.1) is 16.4 Å². The number of methoxy groups -OCH3 is 3. The van der Waals surface area contributed by atoms with Crippen LogP contribution in [0.4, 0.5) is 22.3 Å². The molecule has 0 bridgehead atoms. The van der Waals surface area contributed by atoms with Crippen LogP contribution in [0.25, 0.3) is 32.2 Å². The number of ether oxygens (including phenoxy) is 3. The van der Waals surface area contributed by atoms with Crippen molar-refractivity contribution >= 4 is 61.9 Å². The zero-order valence-electron chi connectivity index (χ0n) is 22.6. The minimum atomic E-state index is -0.249. The maximum Gasteiger partial charge on any atom is 0.255 e. The fraction of sp³-hybridized carbons (Fsp3) is 0.107. The summed E-state index contributed by atoms with van der Waals surface area (Å²) >= 11 is 2.84. The topological polar surface area (TPSA) is 162 Å². The Labute approximate surface area is 247 Å². The first-order valence-corrected chi connectivity index (χ1v) is 14.2. The summed E-state index contributed by atoms with van der Waals surface area (Å²) in [7, 11) is 4.67. The molecule has 3 aromatic heterocycles. The van der Waals surface area contributed by atoms with E-state index in [9.17, 15) is 4.79 Å². The summed E-state index contributed by atoms with van der Waals surface area (Å²) in [5.74, 6) is 1.64. The van der Waals surface area contributed by atoms with Gasteiger partial charge in [0.2, 0.25) is 5.75 Å². The second-order valence-corrected chi connectivity index (χ2v) is 10.7. The van der Waals surface area contributed by atoms with Crippen LogP contribution >= 0.6 is 22.7 Å². The number of fused-ring (bicyclic) bond motifs is 1. The number of hydrogen-bond acceptors (Lipinski definition) is 12. The molecule has 3 heterocycles. The van der Waals surface area contributed by atoms with Gasteiger partial charge in [-0.25, -0.2) is 9.97 Å². The SMILES string of the molecule is COc1cc(Nc2nc(N)c(-c3nc(-c4cccc(NC(=O)c5ccc6[nH]nnc6c5)c4)cs3)s2)cc(OC)c1OC. The Morgan fingerprint density at radius 1 is 0.952 bits per heavy atom. The lowest BCUT2D eigenvalue weighted by Gasteiger charge is -2.14. The van der Waals surface area contributed by atoms with Crippen LogP contribution in [0.3, 0.4) is 0 Å². The molecule has 42 heavy (non-hydrogen) atoms. The highest BCUT2D eigenvalue weighted by atomic mass is 32.1. The van der Waals surface area contributed by atoms with Crippen molar-refractivity contribution in [2.75, 3.05) is 37.7 Å². The van der Waals surface area contributed by atoms with Crippen LogP contribution in [-0.2, 0) is 0 Å². The number of aromatic nitrogens is 5. The van der Waals surface area contributed by atoms with E-state index >= 15 is 0 Å². The monoisotopic (exact) mass is 600 g/mol. The van der Waals surface area contributed by atoms with Gasteiger partial charge in [0, 0.05) is 40.0 Å². The Kier molecular flexibility index (Phi) is 7.29. The van der Waals surface area contributed by atoms with Crippen LogP contribution < -0.4 is 30.6 Å². The highest BCUT2D eigenvalue weighted by molar-refractivity contribution is 7.23. The number of carbonyl (C=O) groups excluding carboxylic acids is 1. The Morgan fingerprint density at radius 2 is 1.76 bits per heavy atom. The van der Waals surface area contributed by atoms with E-state index in [-0.39, 0.29) is 5.91 Å². The summed E-state index contributed by atoms with van der Waals surface area (Å²) in [6.45, 7) is 0. The molecule has 0 saturated carbocycles. The third-order valence-corrected chi connectivity index (χ3v) is 8.25. The van der Waals surface area contributed by atoms with Gasteiger partial charge < -0.3 is 30.6 Å². The van der Waals surface area contributed by atoms with Crippen LogP contribution in [0, 0.1) is 0 Å². The van der Waals surface area contributed by atoms with E-state index in [2.05, 4.69) is 31.0 Å². The molecule has 0 aliphatic heterocycles. The number of benzene rings is 3. The van der Waals surface area contributed by atoms with Crippen LogP contribution in [0.1, 0.15) is 10.4 Å². The molecule has 0 radical (unpaired) electrons. The van der Waals surface area contributed by atoms with Crippen LogP contribution in [0.15, 0.2) is 60.0 Å². The van der Waals surface area contributed by atoms with E-state index in [4.69, 9.17) is 24.9 Å². The Balaban J connectivity index is 1.20. The summed E-state index contributed by atoms with van der Waals surface area (Å²) < 4.78 is 16.3. The van der Waals surface area contributed by atoms with Gasteiger partial charge in [-0.2, -0.15) is 0 Å². The van der Waals surface area contributed by atoms with Crippen molar-refractivity contribution in [1.82, 2.24) is 25.4 Å². The lowest BCUT2D eigenvalue weighted by atomic mass is 10.1. The molecule has 6 rings (SSSR count). The van der Waals surface area contributed by atoms with E-state index in [1.165, 1.54) is 22.7 Å². The second-order valence-electron chi connectivity index (χ2n) is 8.89. The minimum Gasteiger partial charge on any atom is -0.493 e. The third-order valence-electron chi connectivity index (χ3n) is 6.27. The first kappa shape index (κ1) is 27.0. The molecule has 212 valence electrons. The van der Waals surface area contributed by atoms with Gasteiger partial charge in [-0.05, 0) is 30.3 Å². The van der Waals surface area contributed by atoms with Gasteiger partial charge in [-0.3, -0.25) is 9.89 Å². The number of nitrogens with one attached hydrogen (secondary N) is 3. The normalized spacial score (nSPS) is 10.9. The summed E-state index contributed by atoms with van der Waals surface area (Å²) in [5, 5.41) is 20.0. The predicted molar refractivity (Wildman–Crippen MR) is 164 cm³/mol. The molecule has 0 aliphatic rings. The second kappa shape index (κ2) is 11.3. The number of rotatable bonds is 9. The zero-order chi connectivity index (χ0) is 29.2. The van der Waals surface area contributed by atoms with Gasteiger partial charge in [0.1, 0.15) is 21.2 Å². The van der Waals surface area contributed by atoms with Crippen molar-refractivity contribution in [2.24, 2.45) is 0 Å². The largest absolute Gasteiger partial charge is 0.493 e. The van der Waals surface area contributed by atoms with Crippen LogP contribution in [0.2, 0.25) is 0 Å². The maximum absolute atomic E-state index is 12.9. The van der Waals surface area contributed by atoms with Crippen molar-refractivity contribution in [1.29, 1.82) is 0 Å². The number of nitrogens with two attached hydrogens (primary N) is 1. The molecule has 0 fully saturated rings. The number of nitrogen functional groups attached to an aromatic ring is 1. The van der Waals surface area contributed by atoms with E-state index in [1.807, 2.05) is 29.6 Å². The summed E-state index contributed by atoms with van der Waals surface area (Å²) in [4.78, 5) is 22.9. The summed E-state index contributed by atoms with van der Waals surface area (Å²) in [5.41, 5.74) is 11.1. The first-order valence-electron chi connectivity index (χ1n) is 12.5. The van der Waals surface area contributed by atoms with Crippen molar-refractivity contribution in [3.05, 3.63) is 65.5 Å². The van der Waals surface area contributed by atoms with E-state index in [0.29, 0.717) is 50.7 Å². The molecule has 5 N–H and O–H groups in total. The maximum atomic E-state index is 12.9. The fourth-order valence-corrected chi connectivity index (χ4v) is 6.10. The summed E-state index contributed by atoms with van der Waals surface area (Å²) in [6, 6.07) is 16.3. The average molecular weight is 601 g/mol. The van der Waals surface area contributed by atoms with Crippen molar-refractivity contribution in [3.8, 4) is 38.4 Å².